The van der Waals surface area contributed by atoms with E-state index in [9.17, 15) is 9.59 Å². The molecular formula is C19H15IO5. The first-order chi connectivity index (χ1) is 12.1. The number of carbonyl (C=O) groups excluding carboxylic acids is 2. The van der Waals surface area contributed by atoms with Gasteiger partial charge in [0, 0.05) is 15.6 Å². The number of furan rings is 1. The van der Waals surface area contributed by atoms with Gasteiger partial charge in [-0.1, -0.05) is 24.3 Å². The summed E-state index contributed by atoms with van der Waals surface area (Å²) in [5.41, 5.74) is 1.09. The highest BCUT2D eigenvalue weighted by Gasteiger charge is 2.61. The summed E-state index contributed by atoms with van der Waals surface area (Å²) in [6, 6.07) is 11.2. The molecule has 5 nitrogen and oxygen atoms in total. The molecule has 1 aliphatic heterocycles. The molecule has 0 spiro atoms. The van der Waals surface area contributed by atoms with E-state index in [0.717, 1.165) is 14.7 Å². The van der Waals surface area contributed by atoms with Crippen molar-refractivity contribution in [3.8, 4) is 0 Å². The number of halogens is 1. The fourth-order valence-electron chi connectivity index (χ4n) is 3.55. The molecule has 0 N–H and O–H groups in total. The van der Waals surface area contributed by atoms with Crippen molar-refractivity contribution in [1.82, 2.24) is 0 Å². The van der Waals surface area contributed by atoms with Gasteiger partial charge < -0.3 is 13.9 Å². The van der Waals surface area contributed by atoms with Crippen LogP contribution in [0.5, 0.6) is 0 Å². The van der Waals surface area contributed by atoms with Gasteiger partial charge in [-0.2, -0.15) is 0 Å². The molecule has 2 atom stereocenters. The monoisotopic (exact) mass is 450 g/mol. The molecule has 0 amide bonds. The number of esters is 2. The van der Waals surface area contributed by atoms with Gasteiger partial charge in [-0.3, -0.25) is 9.59 Å². The van der Waals surface area contributed by atoms with Crippen molar-refractivity contribution in [3.63, 3.8) is 0 Å². The largest absolute Gasteiger partial charge is 0.465 e. The van der Waals surface area contributed by atoms with Crippen molar-refractivity contribution in [2.75, 3.05) is 6.61 Å². The van der Waals surface area contributed by atoms with Gasteiger partial charge in [0.1, 0.15) is 5.76 Å². The Labute approximate surface area is 158 Å². The van der Waals surface area contributed by atoms with Crippen molar-refractivity contribution < 1.29 is 23.5 Å². The molecule has 1 aliphatic carbocycles. The molecule has 4 rings (SSSR count). The van der Waals surface area contributed by atoms with Gasteiger partial charge in [-0.05, 0) is 52.8 Å². The van der Waals surface area contributed by atoms with E-state index in [1.165, 1.54) is 6.26 Å². The normalized spacial score (nSPS) is 24.6. The Morgan fingerprint density at radius 3 is 2.84 bits per heavy atom. The van der Waals surface area contributed by atoms with E-state index in [4.69, 9.17) is 13.9 Å². The van der Waals surface area contributed by atoms with E-state index in [-0.39, 0.29) is 13.0 Å². The number of fused-ring (bicyclic) bond motifs is 3. The average molecular weight is 450 g/mol. The summed E-state index contributed by atoms with van der Waals surface area (Å²) in [6.07, 6.45) is 1.15. The van der Waals surface area contributed by atoms with Gasteiger partial charge >= 0.3 is 11.9 Å². The van der Waals surface area contributed by atoms with Crippen LogP contribution in [0.4, 0.5) is 0 Å². The van der Waals surface area contributed by atoms with E-state index in [1.807, 2.05) is 24.3 Å². The second kappa shape index (κ2) is 6.01. The molecule has 0 bridgehead atoms. The summed E-state index contributed by atoms with van der Waals surface area (Å²) in [5, 5.41) is 0. The molecule has 1 aromatic heterocycles. The molecule has 0 unspecified atom stereocenters. The molecule has 2 aliphatic rings. The first-order valence-electron chi connectivity index (χ1n) is 7.99. The number of hydrogen-bond acceptors (Lipinski definition) is 5. The third-order valence-electron chi connectivity index (χ3n) is 4.64. The summed E-state index contributed by atoms with van der Waals surface area (Å²) in [5.74, 6) is -0.607. The first kappa shape index (κ1) is 16.4. The third kappa shape index (κ3) is 2.27. The molecule has 0 fully saturated rings. The van der Waals surface area contributed by atoms with Crippen molar-refractivity contribution in [2.45, 2.75) is 19.4 Å². The second-order valence-electron chi connectivity index (χ2n) is 5.98. The van der Waals surface area contributed by atoms with Crippen molar-refractivity contribution in [2.24, 2.45) is 5.41 Å². The Morgan fingerprint density at radius 2 is 2.12 bits per heavy atom. The fourth-order valence-corrected chi connectivity index (χ4v) is 4.74. The summed E-state index contributed by atoms with van der Waals surface area (Å²) in [6.45, 7) is 1.93. The van der Waals surface area contributed by atoms with Crippen molar-refractivity contribution >= 4 is 40.1 Å². The zero-order valence-electron chi connectivity index (χ0n) is 13.5. The highest BCUT2D eigenvalue weighted by atomic mass is 127. The van der Waals surface area contributed by atoms with Crippen LogP contribution in [-0.2, 0) is 25.5 Å². The maximum Gasteiger partial charge on any atom is 0.329 e. The van der Waals surface area contributed by atoms with Gasteiger partial charge in [-0.15, -0.1) is 0 Å². The van der Waals surface area contributed by atoms with Crippen LogP contribution in [0.15, 0.2) is 50.7 Å². The van der Waals surface area contributed by atoms with Crippen LogP contribution in [0, 0.1) is 5.41 Å². The number of rotatable bonds is 3. The van der Waals surface area contributed by atoms with E-state index < -0.39 is 23.5 Å². The van der Waals surface area contributed by atoms with Crippen LogP contribution in [-0.4, -0.2) is 18.5 Å². The summed E-state index contributed by atoms with van der Waals surface area (Å²) in [7, 11) is 0. The van der Waals surface area contributed by atoms with Gasteiger partial charge in [-0.25, -0.2) is 0 Å². The minimum atomic E-state index is -1.43. The first-order valence-corrected chi connectivity index (χ1v) is 9.07. The molecule has 128 valence electrons. The molecule has 25 heavy (non-hydrogen) atoms. The quantitative estimate of drug-likeness (QED) is 0.404. The lowest BCUT2D eigenvalue weighted by molar-refractivity contribution is -0.171. The fraction of sp³-hybridized carbons (Fsp3) is 0.263. The molecule has 2 aromatic rings. The lowest BCUT2D eigenvalue weighted by Crippen LogP contribution is -2.45. The third-order valence-corrected chi connectivity index (χ3v) is 5.74. The molecule has 0 saturated heterocycles. The minimum absolute atomic E-state index is 0.204. The lowest BCUT2D eigenvalue weighted by atomic mass is 9.78. The number of carbonyl (C=O) groups is 2. The zero-order chi connectivity index (χ0) is 17.6. The van der Waals surface area contributed by atoms with E-state index in [0.29, 0.717) is 11.3 Å². The van der Waals surface area contributed by atoms with E-state index in [2.05, 4.69) is 22.6 Å². The molecule has 6 heteroatoms. The molecular weight excluding hydrogens is 435 g/mol. The number of ether oxygens (including phenoxy) is 2. The van der Waals surface area contributed by atoms with Crippen LogP contribution in [0.1, 0.15) is 29.9 Å². The predicted octanol–water partition coefficient (Wildman–Crippen LogP) is 3.83. The van der Waals surface area contributed by atoms with Gasteiger partial charge in [0.05, 0.1) is 12.9 Å². The van der Waals surface area contributed by atoms with E-state index in [1.54, 1.807) is 19.1 Å². The van der Waals surface area contributed by atoms with Crippen LogP contribution in [0.3, 0.4) is 0 Å². The van der Waals surface area contributed by atoms with E-state index >= 15 is 0 Å². The zero-order valence-corrected chi connectivity index (χ0v) is 15.6. The van der Waals surface area contributed by atoms with Crippen molar-refractivity contribution in [1.29, 1.82) is 0 Å². The summed E-state index contributed by atoms with van der Waals surface area (Å²) < 4.78 is 17.1. The highest BCUT2D eigenvalue weighted by molar-refractivity contribution is 14.1. The Kier molecular flexibility index (Phi) is 3.94. The molecule has 1 aromatic carbocycles. The van der Waals surface area contributed by atoms with Gasteiger partial charge in [0.25, 0.3) is 0 Å². The number of benzene rings is 1. The Morgan fingerprint density at radius 1 is 1.32 bits per heavy atom. The minimum Gasteiger partial charge on any atom is -0.465 e. The van der Waals surface area contributed by atoms with Crippen LogP contribution < -0.4 is 0 Å². The average Bonchev–Trinajstić information content (AvgIpc) is 3.24. The molecule has 0 radical (unpaired) electrons. The smallest absolute Gasteiger partial charge is 0.329 e. The molecule has 0 saturated carbocycles. The number of hydrogen-bond donors (Lipinski definition) is 0. The van der Waals surface area contributed by atoms with Gasteiger partial charge in [0.2, 0.25) is 0 Å². The lowest BCUT2D eigenvalue weighted by Gasteiger charge is -2.34. The maximum atomic E-state index is 13.0. The predicted molar refractivity (Wildman–Crippen MR) is 97.7 cm³/mol. The summed E-state index contributed by atoms with van der Waals surface area (Å²) in [4.78, 5) is 25.9. The number of cyclic esters (lactones) is 1. The second-order valence-corrected chi connectivity index (χ2v) is 7.15. The highest BCUT2D eigenvalue weighted by Crippen LogP contribution is 2.57. The van der Waals surface area contributed by atoms with Crippen LogP contribution >= 0.6 is 22.6 Å². The maximum absolute atomic E-state index is 13.0. The SMILES string of the molecule is CCOC(=O)[C@]12Cc3ccccc3C1=C(I)[C@H](c1ccco1)OC2=O. The Bertz CT molecular complexity index is 883. The van der Waals surface area contributed by atoms with Crippen LogP contribution in [0.2, 0.25) is 0 Å². The standard InChI is InChI=1S/C19H15IO5/c1-2-23-17(21)19-10-11-6-3-4-7-12(11)14(19)15(20)16(25-18(19)22)13-8-5-9-24-13/h3-9,16H,2,10H2,1H3/t16-,19-/m0/s1. The Hall–Kier alpha value is -2.09. The van der Waals surface area contributed by atoms with Crippen LogP contribution in [0.25, 0.3) is 5.57 Å². The van der Waals surface area contributed by atoms with Crippen molar-refractivity contribution in [3.05, 3.63) is 63.1 Å². The Balaban J connectivity index is 1.96. The topological polar surface area (TPSA) is 65.7 Å². The molecule has 2 heterocycles. The van der Waals surface area contributed by atoms with Gasteiger partial charge in [0.15, 0.2) is 11.5 Å². The summed E-state index contributed by atoms with van der Waals surface area (Å²) >= 11 is 2.15.